The van der Waals surface area contributed by atoms with E-state index in [-0.39, 0.29) is 23.5 Å². The first-order valence-electron chi connectivity index (χ1n) is 7.13. The smallest absolute Gasteiger partial charge is 0.296 e. The number of fused-ring (bicyclic) bond motifs is 1. The van der Waals surface area contributed by atoms with Crippen LogP contribution < -0.4 is 10.2 Å². The van der Waals surface area contributed by atoms with Gasteiger partial charge in [0.05, 0.1) is 23.0 Å². The first-order chi connectivity index (χ1) is 10.5. The number of anilines is 2. The van der Waals surface area contributed by atoms with Crippen molar-refractivity contribution in [1.29, 1.82) is 0 Å². The van der Waals surface area contributed by atoms with Gasteiger partial charge < -0.3 is 14.6 Å². The van der Waals surface area contributed by atoms with Gasteiger partial charge in [-0.3, -0.25) is 9.59 Å². The summed E-state index contributed by atoms with van der Waals surface area (Å²) in [6, 6.07) is 7.25. The van der Waals surface area contributed by atoms with Gasteiger partial charge in [0.1, 0.15) is 0 Å². The summed E-state index contributed by atoms with van der Waals surface area (Å²) in [7, 11) is 0. The van der Waals surface area contributed by atoms with E-state index in [4.69, 9.17) is 4.42 Å². The Bertz CT molecular complexity index is 751. The number of carbonyl (C=O) groups excluding carboxylic acids is 2. The summed E-state index contributed by atoms with van der Waals surface area (Å²) in [6.45, 7) is 5.52. The maximum atomic E-state index is 12.9. The molecule has 6 nitrogen and oxygen atoms in total. The second kappa shape index (κ2) is 5.29. The fraction of sp³-hybridized carbons (Fsp3) is 0.312. The molecule has 6 heteroatoms. The highest BCUT2D eigenvalue weighted by Crippen LogP contribution is 2.31. The predicted molar refractivity (Wildman–Crippen MR) is 81.9 cm³/mol. The molecule has 0 saturated carbocycles. The molecule has 1 aliphatic heterocycles. The standard InChI is InChI=1S/C16H17N3O3/c1-9-8-19(16(21)14-10(2)17-11(3)22-14)13-7-5-4-6-12(13)18-15(9)20/h4-7,9H,8H2,1-3H3,(H,18,20)/t9-/m1/s1. The van der Waals surface area contributed by atoms with Gasteiger partial charge in [-0.25, -0.2) is 4.98 Å². The number of carbonyl (C=O) groups is 2. The third-order valence-corrected chi connectivity index (χ3v) is 3.70. The van der Waals surface area contributed by atoms with Crippen LogP contribution in [0, 0.1) is 19.8 Å². The van der Waals surface area contributed by atoms with Crippen molar-refractivity contribution in [1.82, 2.24) is 4.98 Å². The summed E-state index contributed by atoms with van der Waals surface area (Å²) in [5, 5.41) is 2.85. The van der Waals surface area contributed by atoms with E-state index in [1.807, 2.05) is 18.2 Å². The third-order valence-electron chi connectivity index (χ3n) is 3.70. The summed E-state index contributed by atoms with van der Waals surface area (Å²) in [5.41, 5.74) is 1.84. The molecule has 1 atom stereocenters. The van der Waals surface area contributed by atoms with E-state index < -0.39 is 0 Å². The van der Waals surface area contributed by atoms with E-state index in [0.717, 1.165) is 0 Å². The van der Waals surface area contributed by atoms with Gasteiger partial charge in [-0.1, -0.05) is 19.1 Å². The largest absolute Gasteiger partial charge is 0.436 e. The zero-order chi connectivity index (χ0) is 15.9. The van der Waals surface area contributed by atoms with E-state index in [1.165, 1.54) is 0 Å². The number of aromatic nitrogens is 1. The molecule has 22 heavy (non-hydrogen) atoms. The highest BCUT2D eigenvalue weighted by Gasteiger charge is 2.31. The molecular weight excluding hydrogens is 282 g/mol. The molecule has 0 fully saturated rings. The Kier molecular flexibility index (Phi) is 3.44. The highest BCUT2D eigenvalue weighted by atomic mass is 16.4. The van der Waals surface area contributed by atoms with Crippen LogP contribution in [-0.4, -0.2) is 23.3 Å². The Morgan fingerprint density at radius 1 is 1.36 bits per heavy atom. The number of nitrogens with zero attached hydrogens (tertiary/aromatic N) is 2. The zero-order valence-corrected chi connectivity index (χ0v) is 12.7. The lowest BCUT2D eigenvalue weighted by atomic mass is 10.1. The van der Waals surface area contributed by atoms with Gasteiger partial charge in [-0.05, 0) is 19.1 Å². The van der Waals surface area contributed by atoms with Crippen molar-refractivity contribution >= 4 is 23.2 Å². The number of oxazole rings is 1. The monoisotopic (exact) mass is 299 g/mol. The quantitative estimate of drug-likeness (QED) is 0.878. The van der Waals surface area contributed by atoms with Crippen molar-refractivity contribution in [2.75, 3.05) is 16.8 Å². The number of aryl methyl sites for hydroxylation is 2. The normalized spacial score (nSPS) is 17.7. The van der Waals surface area contributed by atoms with E-state index in [9.17, 15) is 9.59 Å². The number of para-hydroxylation sites is 2. The lowest BCUT2D eigenvalue weighted by Crippen LogP contribution is -2.36. The number of benzene rings is 1. The van der Waals surface area contributed by atoms with Crippen LogP contribution in [0.5, 0.6) is 0 Å². The average molecular weight is 299 g/mol. The number of rotatable bonds is 1. The summed E-state index contributed by atoms with van der Waals surface area (Å²) < 4.78 is 5.44. The van der Waals surface area contributed by atoms with Crippen LogP contribution in [0.3, 0.4) is 0 Å². The maximum Gasteiger partial charge on any atom is 0.296 e. The Balaban J connectivity index is 2.07. The van der Waals surface area contributed by atoms with Crippen molar-refractivity contribution in [2.45, 2.75) is 20.8 Å². The lowest BCUT2D eigenvalue weighted by Gasteiger charge is -2.22. The van der Waals surface area contributed by atoms with Crippen LogP contribution in [0.25, 0.3) is 0 Å². The molecule has 0 unspecified atom stereocenters. The molecule has 1 aromatic heterocycles. The van der Waals surface area contributed by atoms with Crippen LogP contribution in [0.1, 0.15) is 29.1 Å². The first-order valence-corrected chi connectivity index (χ1v) is 7.13. The van der Waals surface area contributed by atoms with Gasteiger partial charge in [0.2, 0.25) is 11.7 Å². The van der Waals surface area contributed by atoms with E-state index in [1.54, 1.807) is 31.7 Å². The lowest BCUT2D eigenvalue weighted by molar-refractivity contribution is -0.119. The minimum absolute atomic E-state index is 0.103. The van der Waals surface area contributed by atoms with E-state index >= 15 is 0 Å². The maximum absolute atomic E-state index is 12.9. The number of amides is 2. The molecule has 1 aliphatic rings. The van der Waals surface area contributed by atoms with Gasteiger partial charge in [-0.2, -0.15) is 0 Å². The van der Waals surface area contributed by atoms with Crippen LogP contribution in [0.4, 0.5) is 11.4 Å². The third kappa shape index (κ3) is 2.36. The SMILES string of the molecule is Cc1nc(C)c(C(=O)N2C[C@@H](C)C(=O)Nc3ccccc32)o1. The van der Waals surface area contributed by atoms with Crippen LogP contribution in [-0.2, 0) is 4.79 Å². The predicted octanol–water partition coefficient (Wildman–Crippen LogP) is 2.53. The Morgan fingerprint density at radius 3 is 2.77 bits per heavy atom. The molecule has 0 radical (unpaired) electrons. The Morgan fingerprint density at radius 2 is 2.09 bits per heavy atom. The molecular formula is C16H17N3O3. The van der Waals surface area contributed by atoms with E-state index in [2.05, 4.69) is 10.3 Å². The fourth-order valence-electron chi connectivity index (χ4n) is 2.57. The van der Waals surface area contributed by atoms with E-state index in [0.29, 0.717) is 29.5 Å². The second-order valence-electron chi connectivity index (χ2n) is 5.47. The molecule has 2 amide bonds. The molecule has 2 heterocycles. The van der Waals surface area contributed by atoms with Gasteiger partial charge in [0, 0.05) is 13.5 Å². The van der Waals surface area contributed by atoms with Crippen molar-refractivity contribution in [3.05, 3.63) is 41.6 Å². The summed E-state index contributed by atoms with van der Waals surface area (Å²) in [6.07, 6.45) is 0. The van der Waals surface area contributed by atoms with Gasteiger partial charge in [0.15, 0.2) is 5.89 Å². The topological polar surface area (TPSA) is 75.4 Å². The summed E-state index contributed by atoms with van der Waals surface area (Å²) in [5.74, 6) is -0.0390. The molecule has 0 bridgehead atoms. The molecule has 2 aromatic rings. The minimum atomic E-state index is -0.319. The molecule has 1 aromatic carbocycles. The van der Waals surface area contributed by atoms with Crippen molar-refractivity contribution in [3.8, 4) is 0 Å². The molecule has 1 N–H and O–H groups in total. The van der Waals surface area contributed by atoms with Crippen LogP contribution in [0.15, 0.2) is 28.7 Å². The van der Waals surface area contributed by atoms with Crippen LogP contribution in [0.2, 0.25) is 0 Å². The minimum Gasteiger partial charge on any atom is -0.436 e. The summed E-state index contributed by atoms with van der Waals surface area (Å²) >= 11 is 0. The molecule has 0 aliphatic carbocycles. The highest BCUT2D eigenvalue weighted by molar-refractivity contribution is 6.10. The van der Waals surface area contributed by atoms with Gasteiger partial charge >= 0.3 is 0 Å². The zero-order valence-electron chi connectivity index (χ0n) is 12.7. The Labute approximate surface area is 128 Å². The number of hydrogen-bond acceptors (Lipinski definition) is 4. The second-order valence-corrected chi connectivity index (χ2v) is 5.47. The fourth-order valence-corrected chi connectivity index (χ4v) is 2.57. The molecule has 0 spiro atoms. The van der Waals surface area contributed by atoms with Gasteiger partial charge in [0.25, 0.3) is 5.91 Å². The molecule has 3 rings (SSSR count). The number of hydrogen-bond donors (Lipinski definition) is 1. The molecule has 114 valence electrons. The van der Waals surface area contributed by atoms with Gasteiger partial charge in [-0.15, -0.1) is 0 Å². The molecule has 0 saturated heterocycles. The van der Waals surface area contributed by atoms with Crippen molar-refractivity contribution in [3.63, 3.8) is 0 Å². The van der Waals surface area contributed by atoms with Crippen molar-refractivity contribution in [2.24, 2.45) is 5.92 Å². The van der Waals surface area contributed by atoms with Crippen LogP contribution >= 0.6 is 0 Å². The number of nitrogens with one attached hydrogen (secondary N) is 1. The summed E-state index contributed by atoms with van der Waals surface area (Å²) in [4.78, 5) is 30.6. The Hall–Kier alpha value is -2.63. The average Bonchev–Trinajstić information content (AvgIpc) is 2.76. The first kappa shape index (κ1) is 14.3. The van der Waals surface area contributed by atoms with Crippen molar-refractivity contribution < 1.29 is 14.0 Å².